The zero-order valence-corrected chi connectivity index (χ0v) is 16.3. The lowest BCUT2D eigenvalue weighted by atomic mass is 10.2. The van der Waals surface area contributed by atoms with Gasteiger partial charge in [-0.15, -0.1) is 0 Å². The molecular weight excluding hydrogens is 370 g/mol. The number of hydrogen-bond acceptors (Lipinski definition) is 7. The van der Waals surface area contributed by atoms with Crippen molar-refractivity contribution >= 4 is 29.0 Å². The summed E-state index contributed by atoms with van der Waals surface area (Å²) in [5.74, 6) is 2.57. The first-order valence-corrected chi connectivity index (χ1v) is 9.11. The van der Waals surface area contributed by atoms with Crippen molar-refractivity contribution in [3.8, 4) is 11.5 Å². The molecule has 1 heterocycles. The molecule has 0 aliphatic rings. The molecule has 0 unspecified atom stereocenters. The van der Waals surface area contributed by atoms with Gasteiger partial charge in [-0.1, -0.05) is 6.07 Å². The highest BCUT2D eigenvalue weighted by molar-refractivity contribution is 5.89. The quantitative estimate of drug-likeness (QED) is 0.477. The van der Waals surface area contributed by atoms with Crippen molar-refractivity contribution in [1.82, 2.24) is 9.97 Å². The SMILES string of the molecule is COc1ccc(OCCNc2nccc(Nc3cccc(NC(C)=O)c3)n2)cc1. The lowest BCUT2D eigenvalue weighted by molar-refractivity contribution is -0.114. The van der Waals surface area contributed by atoms with Crippen LogP contribution in [0.15, 0.2) is 60.8 Å². The van der Waals surface area contributed by atoms with E-state index in [0.29, 0.717) is 30.6 Å². The molecule has 0 saturated carbocycles. The van der Waals surface area contributed by atoms with Gasteiger partial charge in [-0.2, -0.15) is 4.98 Å². The van der Waals surface area contributed by atoms with Gasteiger partial charge in [-0.05, 0) is 48.5 Å². The Morgan fingerprint density at radius 1 is 1.03 bits per heavy atom. The van der Waals surface area contributed by atoms with Gasteiger partial charge in [0.05, 0.1) is 13.7 Å². The number of hydrogen-bond donors (Lipinski definition) is 3. The fraction of sp³-hybridized carbons (Fsp3) is 0.190. The highest BCUT2D eigenvalue weighted by Gasteiger charge is 2.02. The summed E-state index contributed by atoms with van der Waals surface area (Å²) in [5, 5.41) is 9.08. The van der Waals surface area contributed by atoms with E-state index in [-0.39, 0.29) is 5.91 Å². The largest absolute Gasteiger partial charge is 0.497 e. The Hall–Kier alpha value is -3.81. The Labute approximate surface area is 169 Å². The fourth-order valence-corrected chi connectivity index (χ4v) is 2.54. The summed E-state index contributed by atoms with van der Waals surface area (Å²) in [6, 6.07) is 16.6. The molecule has 150 valence electrons. The number of aromatic nitrogens is 2. The molecule has 3 aromatic rings. The minimum absolute atomic E-state index is 0.118. The standard InChI is InChI=1S/C21H23N5O3/c1-15(27)24-16-4-3-5-17(14-16)25-20-10-11-22-21(26-20)23-12-13-29-19-8-6-18(28-2)7-9-19/h3-11,14H,12-13H2,1-2H3,(H,24,27)(H2,22,23,25,26). The third kappa shape index (κ3) is 6.39. The van der Waals surface area contributed by atoms with Crippen molar-refractivity contribution in [3.63, 3.8) is 0 Å². The zero-order valence-electron chi connectivity index (χ0n) is 16.3. The molecule has 29 heavy (non-hydrogen) atoms. The summed E-state index contributed by atoms with van der Waals surface area (Å²) in [6.45, 7) is 2.49. The molecule has 8 heteroatoms. The van der Waals surface area contributed by atoms with E-state index in [1.54, 1.807) is 19.4 Å². The molecule has 1 aromatic heterocycles. The van der Waals surface area contributed by atoms with Gasteiger partial charge in [0, 0.05) is 24.5 Å². The van der Waals surface area contributed by atoms with Gasteiger partial charge in [-0.25, -0.2) is 4.98 Å². The van der Waals surface area contributed by atoms with E-state index in [1.165, 1.54) is 6.92 Å². The molecule has 0 bridgehead atoms. The van der Waals surface area contributed by atoms with Crippen LogP contribution in [0.1, 0.15) is 6.92 Å². The molecule has 0 spiro atoms. The van der Waals surface area contributed by atoms with Crippen molar-refractivity contribution in [1.29, 1.82) is 0 Å². The van der Waals surface area contributed by atoms with Gasteiger partial charge in [-0.3, -0.25) is 4.79 Å². The molecule has 0 radical (unpaired) electrons. The van der Waals surface area contributed by atoms with Crippen LogP contribution >= 0.6 is 0 Å². The monoisotopic (exact) mass is 393 g/mol. The Morgan fingerprint density at radius 3 is 2.55 bits per heavy atom. The number of amides is 1. The summed E-state index contributed by atoms with van der Waals surface area (Å²) < 4.78 is 10.8. The third-order valence-corrected chi connectivity index (χ3v) is 3.82. The smallest absolute Gasteiger partial charge is 0.224 e. The Bertz CT molecular complexity index is 947. The number of anilines is 4. The first kappa shape index (κ1) is 19.9. The lowest BCUT2D eigenvalue weighted by Gasteiger charge is -2.10. The van der Waals surface area contributed by atoms with E-state index >= 15 is 0 Å². The van der Waals surface area contributed by atoms with E-state index in [4.69, 9.17) is 9.47 Å². The minimum atomic E-state index is -0.118. The summed E-state index contributed by atoms with van der Waals surface area (Å²) in [7, 11) is 1.63. The highest BCUT2D eigenvalue weighted by atomic mass is 16.5. The van der Waals surface area contributed by atoms with Crippen LogP contribution in [-0.2, 0) is 4.79 Å². The molecule has 0 aliphatic heterocycles. The van der Waals surface area contributed by atoms with E-state index in [0.717, 1.165) is 17.2 Å². The van der Waals surface area contributed by atoms with Gasteiger partial charge in [0.25, 0.3) is 0 Å². The number of methoxy groups -OCH3 is 1. The second-order valence-corrected chi connectivity index (χ2v) is 6.10. The van der Waals surface area contributed by atoms with E-state index in [2.05, 4.69) is 25.9 Å². The average molecular weight is 393 g/mol. The van der Waals surface area contributed by atoms with Crippen LogP contribution in [0.3, 0.4) is 0 Å². The van der Waals surface area contributed by atoms with Crippen molar-refractivity contribution < 1.29 is 14.3 Å². The highest BCUT2D eigenvalue weighted by Crippen LogP contribution is 2.19. The topological polar surface area (TPSA) is 97.4 Å². The molecular formula is C21H23N5O3. The van der Waals surface area contributed by atoms with Crippen LogP contribution in [0.25, 0.3) is 0 Å². The first-order valence-electron chi connectivity index (χ1n) is 9.11. The molecule has 1 amide bonds. The third-order valence-electron chi connectivity index (χ3n) is 3.82. The molecule has 0 fully saturated rings. The molecule has 3 rings (SSSR count). The number of ether oxygens (including phenoxy) is 2. The summed E-state index contributed by atoms with van der Waals surface area (Å²) in [6.07, 6.45) is 1.67. The van der Waals surface area contributed by atoms with Crippen LogP contribution in [0.5, 0.6) is 11.5 Å². The Morgan fingerprint density at radius 2 is 1.79 bits per heavy atom. The molecule has 3 N–H and O–H groups in total. The second kappa shape index (κ2) is 9.93. The van der Waals surface area contributed by atoms with Crippen LogP contribution < -0.4 is 25.4 Å². The number of rotatable bonds is 9. The average Bonchev–Trinajstić information content (AvgIpc) is 2.72. The molecule has 8 nitrogen and oxygen atoms in total. The van der Waals surface area contributed by atoms with Crippen molar-refractivity contribution in [3.05, 3.63) is 60.8 Å². The van der Waals surface area contributed by atoms with Gasteiger partial charge < -0.3 is 25.4 Å². The summed E-state index contributed by atoms with van der Waals surface area (Å²) in [4.78, 5) is 19.8. The first-order chi connectivity index (χ1) is 14.1. The number of carbonyl (C=O) groups is 1. The van der Waals surface area contributed by atoms with Crippen LogP contribution in [0.4, 0.5) is 23.1 Å². The Balaban J connectivity index is 1.50. The zero-order chi connectivity index (χ0) is 20.5. The van der Waals surface area contributed by atoms with Crippen LogP contribution in [0.2, 0.25) is 0 Å². The van der Waals surface area contributed by atoms with Crippen molar-refractivity contribution in [2.24, 2.45) is 0 Å². The second-order valence-electron chi connectivity index (χ2n) is 6.10. The maximum atomic E-state index is 11.2. The molecule has 0 saturated heterocycles. The van der Waals surface area contributed by atoms with Crippen LogP contribution in [-0.4, -0.2) is 36.1 Å². The molecule has 0 atom stereocenters. The summed E-state index contributed by atoms with van der Waals surface area (Å²) >= 11 is 0. The predicted octanol–water partition coefficient (Wildman–Crippen LogP) is 3.68. The van der Waals surface area contributed by atoms with Gasteiger partial charge >= 0.3 is 0 Å². The van der Waals surface area contributed by atoms with Crippen LogP contribution in [0, 0.1) is 0 Å². The van der Waals surface area contributed by atoms with Crippen molar-refractivity contribution in [2.75, 3.05) is 36.2 Å². The summed E-state index contributed by atoms with van der Waals surface area (Å²) in [5.41, 5.74) is 1.52. The fourth-order valence-electron chi connectivity index (χ4n) is 2.54. The van der Waals surface area contributed by atoms with E-state index in [9.17, 15) is 4.79 Å². The number of nitrogens with zero attached hydrogens (tertiary/aromatic N) is 2. The Kier molecular flexibility index (Phi) is 6.83. The maximum absolute atomic E-state index is 11.2. The normalized spacial score (nSPS) is 10.1. The van der Waals surface area contributed by atoms with Gasteiger partial charge in [0.1, 0.15) is 23.9 Å². The number of carbonyl (C=O) groups excluding carboxylic acids is 1. The lowest BCUT2D eigenvalue weighted by Crippen LogP contribution is -2.13. The van der Waals surface area contributed by atoms with E-state index in [1.807, 2.05) is 48.5 Å². The van der Waals surface area contributed by atoms with Gasteiger partial charge in [0.2, 0.25) is 11.9 Å². The molecule has 2 aromatic carbocycles. The predicted molar refractivity (Wildman–Crippen MR) is 113 cm³/mol. The van der Waals surface area contributed by atoms with Gasteiger partial charge in [0.15, 0.2) is 0 Å². The maximum Gasteiger partial charge on any atom is 0.224 e. The number of nitrogens with one attached hydrogen (secondary N) is 3. The van der Waals surface area contributed by atoms with Crippen molar-refractivity contribution in [2.45, 2.75) is 6.92 Å². The minimum Gasteiger partial charge on any atom is -0.497 e. The van der Waals surface area contributed by atoms with E-state index < -0.39 is 0 Å². The number of benzene rings is 2. The molecule has 0 aliphatic carbocycles.